The smallest absolute Gasteiger partial charge is 0.290 e. The van der Waals surface area contributed by atoms with Crippen molar-refractivity contribution in [3.8, 4) is 0 Å². The molecule has 2 aromatic heterocycles. The Morgan fingerprint density at radius 3 is 3.00 bits per heavy atom. The Morgan fingerprint density at radius 2 is 2.33 bits per heavy atom. The summed E-state index contributed by atoms with van der Waals surface area (Å²) in [7, 11) is 0. The first-order valence-electron chi connectivity index (χ1n) is 5.78. The standard InChI is InChI=1S/C11H12N4O3/c1-6(10-12-5-17-15-10)13-11(16)9-4-8(14-18-9)7-2-3-7/h4-7H,2-3H2,1H3,(H,13,16)/t6-/m0/s1. The quantitative estimate of drug-likeness (QED) is 0.879. The molecule has 1 amide bonds. The summed E-state index contributed by atoms with van der Waals surface area (Å²) < 4.78 is 9.64. The van der Waals surface area contributed by atoms with Gasteiger partial charge in [-0.25, -0.2) is 0 Å². The van der Waals surface area contributed by atoms with Crippen molar-refractivity contribution in [1.29, 1.82) is 0 Å². The molecular formula is C11H12N4O3. The maximum atomic E-state index is 11.9. The van der Waals surface area contributed by atoms with E-state index in [1.54, 1.807) is 13.0 Å². The average Bonchev–Trinajstić information content (AvgIpc) is 2.91. The molecule has 18 heavy (non-hydrogen) atoms. The second-order valence-corrected chi connectivity index (χ2v) is 4.37. The van der Waals surface area contributed by atoms with E-state index in [0.717, 1.165) is 18.5 Å². The van der Waals surface area contributed by atoms with Crippen LogP contribution in [-0.2, 0) is 0 Å². The Kier molecular flexibility index (Phi) is 2.58. The van der Waals surface area contributed by atoms with Gasteiger partial charge in [0.05, 0.1) is 11.7 Å². The molecule has 2 aromatic rings. The van der Waals surface area contributed by atoms with Crippen molar-refractivity contribution in [3.05, 3.63) is 29.7 Å². The minimum Gasteiger partial charge on any atom is -0.351 e. The molecule has 1 fully saturated rings. The summed E-state index contributed by atoms with van der Waals surface area (Å²) in [5, 5.41) is 10.3. The molecule has 1 saturated carbocycles. The summed E-state index contributed by atoms with van der Waals surface area (Å²) in [4.78, 5) is 15.7. The summed E-state index contributed by atoms with van der Waals surface area (Å²) in [6, 6.07) is 1.35. The minimum atomic E-state index is -0.342. The molecule has 7 heteroatoms. The van der Waals surface area contributed by atoms with Gasteiger partial charge in [-0.15, -0.1) is 0 Å². The molecule has 0 aromatic carbocycles. The molecule has 7 nitrogen and oxygen atoms in total. The zero-order valence-electron chi connectivity index (χ0n) is 9.79. The van der Waals surface area contributed by atoms with Gasteiger partial charge in [0, 0.05) is 12.0 Å². The van der Waals surface area contributed by atoms with Crippen LogP contribution in [0.3, 0.4) is 0 Å². The maximum Gasteiger partial charge on any atom is 0.290 e. The van der Waals surface area contributed by atoms with E-state index >= 15 is 0 Å². The van der Waals surface area contributed by atoms with Gasteiger partial charge >= 0.3 is 0 Å². The molecule has 1 atom stereocenters. The first kappa shape index (κ1) is 10.9. The number of amides is 1. The third kappa shape index (κ3) is 2.11. The Labute approximate surface area is 103 Å². The van der Waals surface area contributed by atoms with Crippen LogP contribution >= 0.6 is 0 Å². The molecule has 2 heterocycles. The molecule has 0 aliphatic heterocycles. The molecule has 3 rings (SSSR count). The van der Waals surface area contributed by atoms with E-state index in [1.165, 1.54) is 6.39 Å². The van der Waals surface area contributed by atoms with Gasteiger partial charge in [0.25, 0.3) is 5.91 Å². The number of rotatable bonds is 4. The van der Waals surface area contributed by atoms with Crippen molar-refractivity contribution in [2.75, 3.05) is 0 Å². The monoisotopic (exact) mass is 248 g/mol. The Morgan fingerprint density at radius 1 is 1.50 bits per heavy atom. The SMILES string of the molecule is C[C@H](NC(=O)c1cc(C2CC2)no1)c1ncon1. The van der Waals surface area contributed by atoms with Crippen LogP contribution in [0.4, 0.5) is 0 Å². The number of carbonyl (C=O) groups is 1. The summed E-state index contributed by atoms with van der Waals surface area (Å²) in [6.45, 7) is 1.76. The Balaban J connectivity index is 1.66. The molecule has 0 unspecified atom stereocenters. The van der Waals surface area contributed by atoms with E-state index in [-0.39, 0.29) is 17.7 Å². The largest absolute Gasteiger partial charge is 0.351 e. The third-order valence-corrected chi connectivity index (χ3v) is 2.86. The van der Waals surface area contributed by atoms with E-state index in [0.29, 0.717) is 11.7 Å². The highest BCUT2D eigenvalue weighted by Gasteiger charge is 2.28. The molecule has 0 radical (unpaired) electrons. The van der Waals surface area contributed by atoms with Gasteiger partial charge < -0.3 is 14.4 Å². The molecule has 0 spiro atoms. The molecule has 1 N–H and O–H groups in total. The van der Waals surface area contributed by atoms with E-state index in [1.807, 2.05) is 0 Å². The van der Waals surface area contributed by atoms with E-state index < -0.39 is 0 Å². The fraction of sp³-hybridized carbons (Fsp3) is 0.455. The summed E-state index contributed by atoms with van der Waals surface area (Å²) >= 11 is 0. The third-order valence-electron chi connectivity index (χ3n) is 2.86. The fourth-order valence-corrected chi connectivity index (χ4v) is 1.67. The van der Waals surface area contributed by atoms with Crippen molar-refractivity contribution < 1.29 is 13.8 Å². The molecule has 1 aliphatic carbocycles. The van der Waals surface area contributed by atoms with Crippen LogP contribution in [0.2, 0.25) is 0 Å². The summed E-state index contributed by atoms with van der Waals surface area (Å²) in [5.41, 5.74) is 0.854. The van der Waals surface area contributed by atoms with Gasteiger partial charge in [-0.2, -0.15) is 4.98 Å². The van der Waals surface area contributed by atoms with Gasteiger partial charge in [-0.3, -0.25) is 4.79 Å². The maximum absolute atomic E-state index is 11.9. The number of carbonyl (C=O) groups excluding carboxylic acids is 1. The Hall–Kier alpha value is -2.18. The van der Waals surface area contributed by atoms with Crippen LogP contribution in [0, 0.1) is 0 Å². The predicted molar refractivity (Wildman–Crippen MR) is 58.7 cm³/mol. The lowest BCUT2D eigenvalue weighted by atomic mass is 10.2. The van der Waals surface area contributed by atoms with Crippen LogP contribution < -0.4 is 5.32 Å². The summed E-state index contributed by atoms with van der Waals surface area (Å²) in [5.74, 6) is 0.772. The van der Waals surface area contributed by atoms with E-state index in [9.17, 15) is 4.79 Å². The van der Waals surface area contributed by atoms with Crippen molar-refractivity contribution >= 4 is 5.91 Å². The van der Waals surface area contributed by atoms with Gasteiger partial charge in [-0.1, -0.05) is 10.3 Å². The zero-order chi connectivity index (χ0) is 12.5. The predicted octanol–water partition coefficient (Wildman–Crippen LogP) is 1.43. The highest BCUT2D eigenvalue weighted by molar-refractivity contribution is 5.91. The lowest BCUT2D eigenvalue weighted by molar-refractivity contribution is 0.0900. The molecule has 0 bridgehead atoms. The highest BCUT2D eigenvalue weighted by Crippen LogP contribution is 2.39. The van der Waals surface area contributed by atoms with E-state index in [2.05, 4.69) is 25.1 Å². The van der Waals surface area contributed by atoms with Gasteiger partial charge in [0.15, 0.2) is 5.82 Å². The fourth-order valence-electron chi connectivity index (χ4n) is 1.67. The van der Waals surface area contributed by atoms with Crippen LogP contribution in [0.25, 0.3) is 0 Å². The first-order chi connectivity index (χ1) is 8.74. The normalized spacial score (nSPS) is 16.5. The van der Waals surface area contributed by atoms with Crippen LogP contribution in [0.15, 0.2) is 21.5 Å². The number of nitrogens with one attached hydrogen (secondary N) is 1. The number of nitrogens with zero attached hydrogens (tertiary/aromatic N) is 3. The van der Waals surface area contributed by atoms with E-state index in [4.69, 9.17) is 4.52 Å². The van der Waals surface area contributed by atoms with Crippen LogP contribution in [0.1, 0.15) is 53.8 Å². The summed E-state index contributed by atoms with van der Waals surface area (Å²) in [6.07, 6.45) is 3.46. The molecule has 94 valence electrons. The number of aromatic nitrogens is 3. The zero-order valence-corrected chi connectivity index (χ0v) is 9.79. The topological polar surface area (TPSA) is 94.1 Å². The minimum absolute atomic E-state index is 0.215. The lowest BCUT2D eigenvalue weighted by Gasteiger charge is -2.07. The molecular weight excluding hydrogens is 236 g/mol. The van der Waals surface area contributed by atoms with Crippen LogP contribution in [0.5, 0.6) is 0 Å². The van der Waals surface area contributed by atoms with Gasteiger partial charge in [-0.05, 0) is 19.8 Å². The second kappa shape index (κ2) is 4.25. The number of hydrogen-bond donors (Lipinski definition) is 1. The Bertz CT molecular complexity index is 544. The van der Waals surface area contributed by atoms with Crippen molar-refractivity contribution in [1.82, 2.24) is 20.6 Å². The average molecular weight is 248 g/mol. The first-order valence-corrected chi connectivity index (χ1v) is 5.78. The molecule has 0 saturated heterocycles. The van der Waals surface area contributed by atoms with Crippen molar-refractivity contribution in [3.63, 3.8) is 0 Å². The van der Waals surface area contributed by atoms with Crippen LogP contribution in [-0.4, -0.2) is 21.2 Å². The lowest BCUT2D eigenvalue weighted by Crippen LogP contribution is -2.26. The van der Waals surface area contributed by atoms with Gasteiger partial charge in [0.2, 0.25) is 12.2 Å². The number of hydrogen-bond acceptors (Lipinski definition) is 6. The van der Waals surface area contributed by atoms with Crippen molar-refractivity contribution in [2.24, 2.45) is 0 Å². The van der Waals surface area contributed by atoms with Crippen molar-refractivity contribution in [2.45, 2.75) is 31.7 Å². The second-order valence-electron chi connectivity index (χ2n) is 4.37. The molecule has 1 aliphatic rings. The van der Waals surface area contributed by atoms with Gasteiger partial charge in [0.1, 0.15) is 0 Å². The highest BCUT2D eigenvalue weighted by atomic mass is 16.5.